The Kier molecular flexibility index (Phi) is 7.05. The summed E-state index contributed by atoms with van der Waals surface area (Å²) in [4.78, 5) is 12.6. The molecule has 1 N–H and O–H groups in total. The van der Waals surface area contributed by atoms with Gasteiger partial charge < -0.3 is 10.1 Å². The minimum absolute atomic E-state index is 0.0380. The van der Waals surface area contributed by atoms with Gasteiger partial charge in [-0.2, -0.15) is 0 Å². The zero-order chi connectivity index (χ0) is 18.2. The summed E-state index contributed by atoms with van der Waals surface area (Å²) in [6, 6.07) is 16.5. The Balaban J connectivity index is 1.89. The van der Waals surface area contributed by atoms with Crippen LogP contribution < -0.4 is 10.1 Å². The molecule has 0 saturated heterocycles. The van der Waals surface area contributed by atoms with E-state index in [4.69, 9.17) is 4.74 Å². The summed E-state index contributed by atoms with van der Waals surface area (Å²) < 4.78 is 5.99. The first-order valence-corrected chi connectivity index (χ1v) is 9.07. The number of nitrogens with one attached hydrogen (secondary N) is 1. The number of rotatable bonds is 8. The second-order valence-electron chi connectivity index (χ2n) is 6.72. The number of benzene rings is 2. The van der Waals surface area contributed by atoms with E-state index >= 15 is 0 Å². The first kappa shape index (κ1) is 19.0. The topological polar surface area (TPSA) is 38.3 Å². The molecule has 0 aliphatic carbocycles. The van der Waals surface area contributed by atoms with Crippen LogP contribution in [0.15, 0.2) is 48.5 Å². The van der Waals surface area contributed by atoms with Gasteiger partial charge in [0.05, 0.1) is 0 Å². The minimum Gasteiger partial charge on any atom is -0.480 e. The maximum absolute atomic E-state index is 12.6. The van der Waals surface area contributed by atoms with Crippen LogP contribution >= 0.6 is 0 Å². The second kappa shape index (κ2) is 9.26. The van der Waals surface area contributed by atoms with Crippen LogP contribution in [0.1, 0.15) is 43.4 Å². The van der Waals surface area contributed by atoms with Crippen molar-refractivity contribution < 1.29 is 9.53 Å². The number of hydrogen-bond donors (Lipinski definition) is 1. The molecule has 0 unspecified atom stereocenters. The van der Waals surface area contributed by atoms with E-state index < -0.39 is 6.10 Å². The quantitative estimate of drug-likeness (QED) is 0.763. The van der Waals surface area contributed by atoms with Gasteiger partial charge in [0.15, 0.2) is 6.10 Å². The van der Waals surface area contributed by atoms with E-state index in [1.807, 2.05) is 58.0 Å². The summed E-state index contributed by atoms with van der Waals surface area (Å²) in [5.41, 5.74) is 3.48. The third kappa shape index (κ3) is 5.93. The van der Waals surface area contributed by atoms with Gasteiger partial charge in [0, 0.05) is 6.04 Å². The average molecular weight is 339 g/mol. The molecular formula is C22H29NO2. The Hall–Kier alpha value is -2.29. The molecule has 3 heteroatoms. The van der Waals surface area contributed by atoms with Crippen molar-refractivity contribution in [2.75, 3.05) is 0 Å². The molecule has 0 heterocycles. The third-order valence-corrected chi connectivity index (χ3v) is 4.37. The van der Waals surface area contributed by atoms with E-state index in [1.54, 1.807) is 0 Å². The van der Waals surface area contributed by atoms with Gasteiger partial charge in [-0.1, -0.05) is 49.4 Å². The zero-order valence-corrected chi connectivity index (χ0v) is 15.7. The van der Waals surface area contributed by atoms with Gasteiger partial charge >= 0.3 is 0 Å². The Morgan fingerprint density at radius 3 is 2.52 bits per heavy atom. The SMILES string of the molecule is CC[C@H](Oc1cc(C)ccc1C)C(=O)N[C@@H](C)CCc1ccccc1. The molecule has 2 aromatic carbocycles. The second-order valence-corrected chi connectivity index (χ2v) is 6.72. The first-order chi connectivity index (χ1) is 12.0. The van der Waals surface area contributed by atoms with Crippen LogP contribution in [0, 0.1) is 13.8 Å². The normalized spacial score (nSPS) is 13.1. The molecule has 0 radical (unpaired) electrons. The van der Waals surface area contributed by atoms with Gasteiger partial charge in [-0.15, -0.1) is 0 Å². The number of ether oxygens (including phenoxy) is 1. The lowest BCUT2D eigenvalue weighted by Crippen LogP contribution is -2.42. The molecule has 0 aliphatic heterocycles. The molecule has 2 rings (SSSR count). The number of hydrogen-bond acceptors (Lipinski definition) is 2. The molecule has 0 aliphatic rings. The highest BCUT2D eigenvalue weighted by molar-refractivity contribution is 5.81. The average Bonchev–Trinajstić information content (AvgIpc) is 2.61. The van der Waals surface area contributed by atoms with E-state index in [1.165, 1.54) is 5.56 Å². The Morgan fingerprint density at radius 2 is 1.84 bits per heavy atom. The number of carbonyl (C=O) groups is 1. The number of amides is 1. The molecule has 0 aromatic heterocycles. The van der Waals surface area contributed by atoms with Gasteiger partial charge in [0.2, 0.25) is 0 Å². The van der Waals surface area contributed by atoms with Crippen LogP contribution in [0.2, 0.25) is 0 Å². The van der Waals surface area contributed by atoms with Crippen molar-refractivity contribution in [3.63, 3.8) is 0 Å². The molecule has 0 bridgehead atoms. The van der Waals surface area contributed by atoms with Crippen LogP contribution in [0.3, 0.4) is 0 Å². The van der Waals surface area contributed by atoms with Crippen molar-refractivity contribution >= 4 is 5.91 Å². The fourth-order valence-corrected chi connectivity index (χ4v) is 2.75. The van der Waals surface area contributed by atoms with Gasteiger partial charge in [-0.25, -0.2) is 0 Å². The zero-order valence-electron chi connectivity index (χ0n) is 15.7. The first-order valence-electron chi connectivity index (χ1n) is 9.07. The summed E-state index contributed by atoms with van der Waals surface area (Å²) >= 11 is 0. The lowest BCUT2D eigenvalue weighted by Gasteiger charge is -2.21. The van der Waals surface area contributed by atoms with E-state index in [-0.39, 0.29) is 11.9 Å². The number of aryl methyl sites for hydroxylation is 3. The predicted molar refractivity (Wildman–Crippen MR) is 103 cm³/mol. The third-order valence-electron chi connectivity index (χ3n) is 4.37. The largest absolute Gasteiger partial charge is 0.480 e. The monoisotopic (exact) mass is 339 g/mol. The highest BCUT2D eigenvalue weighted by atomic mass is 16.5. The van der Waals surface area contributed by atoms with E-state index in [2.05, 4.69) is 23.5 Å². The molecule has 134 valence electrons. The Bertz CT molecular complexity index is 682. The Labute approximate surface area is 151 Å². The van der Waals surface area contributed by atoms with Gasteiger partial charge in [0.25, 0.3) is 5.91 Å². The van der Waals surface area contributed by atoms with E-state index in [9.17, 15) is 4.79 Å². The standard InChI is InChI=1S/C22H29NO2/c1-5-20(25-21-15-16(2)11-12-17(21)3)22(24)23-18(4)13-14-19-9-7-6-8-10-19/h6-12,15,18,20H,5,13-14H2,1-4H3,(H,23,24)/t18-,20-/m0/s1. The lowest BCUT2D eigenvalue weighted by atomic mass is 10.1. The van der Waals surface area contributed by atoms with E-state index in [0.29, 0.717) is 6.42 Å². The summed E-state index contributed by atoms with van der Waals surface area (Å²) in [6.45, 7) is 8.05. The number of carbonyl (C=O) groups excluding carboxylic acids is 1. The molecule has 0 spiro atoms. The summed E-state index contributed by atoms with van der Waals surface area (Å²) in [7, 11) is 0. The lowest BCUT2D eigenvalue weighted by molar-refractivity contribution is -0.128. The van der Waals surface area contributed by atoms with Gasteiger partial charge in [0.1, 0.15) is 5.75 Å². The molecule has 0 fully saturated rings. The van der Waals surface area contributed by atoms with Crippen LogP contribution in [0.4, 0.5) is 0 Å². The van der Waals surface area contributed by atoms with Crippen LogP contribution in [-0.2, 0) is 11.2 Å². The fraction of sp³-hybridized carbons (Fsp3) is 0.409. The van der Waals surface area contributed by atoms with Gasteiger partial charge in [-0.05, 0) is 62.8 Å². The van der Waals surface area contributed by atoms with Crippen LogP contribution in [0.5, 0.6) is 5.75 Å². The van der Waals surface area contributed by atoms with Crippen molar-refractivity contribution in [3.05, 3.63) is 65.2 Å². The molecule has 1 amide bonds. The highest BCUT2D eigenvalue weighted by Crippen LogP contribution is 2.21. The molecular weight excluding hydrogens is 310 g/mol. The highest BCUT2D eigenvalue weighted by Gasteiger charge is 2.20. The van der Waals surface area contributed by atoms with Crippen molar-refractivity contribution in [1.82, 2.24) is 5.32 Å². The maximum atomic E-state index is 12.6. The molecule has 2 aromatic rings. The van der Waals surface area contributed by atoms with Crippen molar-refractivity contribution in [2.45, 2.75) is 59.1 Å². The fourth-order valence-electron chi connectivity index (χ4n) is 2.75. The summed E-state index contributed by atoms with van der Waals surface area (Å²) in [5.74, 6) is 0.753. The summed E-state index contributed by atoms with van der Waals surface area (Å²) in [6.07, 6.45) is 2.05. The maximum Gasteiger partial charge on any atom is 0.261 e. The summed E-state index contributed by atoms with van der Waals surface area (Å²) in [5, 5.41) is 3.09. The van der Waals surface area contributed by atoms with Crippen LogP contribution in [-0.4, -0.2) is 18.1 Å². The minimum atomic E-state index is -0.459. The van der Waals surface area contributed by atoms with Crippen LogP contribution in [0.25, 0.3) is 0 Å². The predicted octanol–water partition coefficient (Wildman–Crippen LogP) is 4.60. The van der Waals surface area contributed by atoms with Crippen molar-refractivity contribution in [2.24, 2.45) is 0 Å². The Morgan fingerprint density at radius 1 is 1.12 bits per heavy atom. The van der Waals surface area contributed by atoms with Gasteiger partial charge in [-0.3, -0.25) is 4.79 Å². The smallest absolute Gasteiger partial charge is 0.261 e. The molecule has 3 nitrogen and oxygen atoms in total. The van der Waals surface area contributed by atoms with E-state index in [0.717, 1.165) is 29.7 Å². The van der Waals surface area contributed by atoms with Crippen molar-refractivity contribution in [1.29, 1.82) is 0 Å². The molecule has 2 atom stereocenters. The molecule has 0 saturated carbocycles. The van der Waals surface area contributed by atoms with Crippen molar-refractivity contribution in [3.8, 4) is 5.75 Å². The molecule has 25 heavy (non-hydrogen) atoms.